The molecule has 2 N–H and O–H groups in total. The van der Waals surface area contributed by atoms with Gasteiger partial charge in [0.25, 0.3) is 5.91 Å². The zero-order chi connectivity index (χ0) is 20.6. The number of benzene rings is 2. The molecule has 0 fully saturated rings. The summed E-state index contributed by atoms with van der Waals surface area (Å²) in [4.78, 5) is 12.2. The van der Waals surface area contributed by atoms with Gasteiger partial charge in [-0.1, -0.05) is 24.3 Å². The summed E-state index contributed by atoms with van der Waals surface area (Å²) in [6.07, 6.45) is 1.89. The van der Waals surface area contributed by atoms with Crippen LogP contribution < -0.4 is 14.8 Å². The molecule has 0 spiro atoms. The van der Waals surface area contributed by atoms with Crippen LogP contribution in [0, 0.1) is 0 Å². The van der Waals surface area contributed by atoms with Crippen molar-refractivity contribution in [3.63, 3.8) is 0 Å². The Morgan fingerprint density at radius 1 is 1.18 bits per heavy atom. The van der Waals surface area contributed by atoms with E-state index >= 15 is 0 Å². The summed E-state index contributed by atoms with van der Waals surface area (Å²) < 4.78 is 55.1. The number of alkyl halides is 2. The van der Waals surface area contributed by atoms with Crippen LogP contribution in [0.5, 0.6) is 5.75 Å². The number of hydrogen-bond acceptors (Lipinski definition) is 4. The fourth-order valence-corrected chi connectivity index (χ4v) is 3.36. The molecule has 0 aliphatic heterocycles. The maximum Gasteiger partial charge on any atom is 0.387 e. The average Bonchev–Trinajstić information content (AvgIpc) is 2.67. The van der Waals surface area contributed by atoms with E-state index in [1.165, 1.54) is 42.5 Å². The molecule has 2 aromatic rings. The largest absolute Gasteiger partial charge is 0.435 e. The number of nitrogens with one attached hydrogen (secondary N) is 2. The number of hydrogen-bond donors (Lipinski definition) is 2. The molecule has 0 aliphatic carbocycles. The lowest BCUT2D eigenvalue weighted by atomic mass is 10.1. The zero-order valence-corrected chi connectivity index (χ0v) is 15.7. The van der Waals surface area contributed by atoms with Crippen LogP contribution in [0.4, 0.5) is 8.78 Å². The van der Waals surface area contributed by atoms with Crippen molar-refractivity contribution in [2.75, 3.05) is 13.1 Å². The molecule has 2 rings (SSSR count). The lowest BCUT2D eigenvalue weighted by Crippen LogP contribution is -2.27. The molecule has 0 atom stereocenters. The summed E-state index contributed by atoms with van der Waals surface area (Å²) in [6, 6.07) is 11.8. The Morgan fingerprint density at radius 2 is 1.89 bits per heavy atom. The third-order valence-electron chi connectivity index (χ3n) is 3.67. The molecule has 0 radical (unpaired) electrons. The van der Waals surface area contributed by atoms with E-state index in [4.69, 9.17) is 0 Å². The van der Waals surface area contributed by atoms with Gasteiger partial charge in [-0.05, 0) is 42.3 Å². The van der Waals surface area contributed by atoms with E-state index in [-0.39, 0.29) is 22.8 Å². The van der Waals surface area contributed by atoms with Gasteiger partial charge in [0.05, 0.1) is 4.90 Å². The molecule has 6 nitrogen and oxygen atoms in total. The quantitative estimate of drug-likeness (QED) is 0.590. The van der Waals surface area contributed by atoms with Gasteiger partial charge in [-0.3, -0.25) is 4.79 Å². The standard InChI is InChI=1S/C19H20F2N2O4S/c1-2-11-23-28(25,26)17-5-3-4-15(13-17)18(24)22-12-10-14-6-8-16(9-7-14)27-19(20)21/h2-9,13,19,23H,1,10-12H2,(H,22,24). The number of rotatable bonds is 10. The summed E-state index contributed by atoms with van der Waals surface area (Å²) in [5.74, 6) is -0.357. The van der Waals surface area contributed by atoms with Crippen LogP contribution in [0.3, 0.4) is 0 Å². The number of ether oxygens (including phenoxy) is 1. The van der Waals surface area contributed by atoms with Gasteiger partial charge in [-0.25, -0.2) is 13.1 Å². The highest BCUT2D eigenvalue weighted by atomic mass is 32.2. The fourth-order valence-electron chi connectivity index (χ4n) is 2.32. The number of halogens is 2. The van der Waals surface area contributed by atoms with Crippen LogP contribution in [0.2, 0.25) is 0 Å². The van der Waals surface area contributed by atoms with E-state index in [0.29, 0.717) is 13.0 Å². The zero-order valence-electron chi connectivity index (χ0n) is 14.9. The average molecular weight is 410 g/mol. The van der Waals surface area contributed by atoms with Crippen molar-refractivity contribution in [2.45, 2.75) is 17.9 Å². The Kier molecular flexibility index (Phi) is 7.65. The van der Waals surface area contributed by atoms with E-state index < -0.39 is 22.5 Å². The predicted molar refractivity (Wildman–Crippen MR) is 101 cm³/mol. The molecule has 2 aromatic carbocycles. The molecule has 0 unspecified atom stereocenters. The molecule has 9 heteroatoms. The van der Waals surface area contributed by atoms with Crippen molar-refractivity contribution < 1.29 is 26.7 Å². The van der Waals surface area contributed by atoms with Crippen molar-refractivity contribution >= 4 is 15.9 Å². The molecule has 1 amide bonds. The summed E-state index contributed by atoms with van der Waals surface area (Å²) in [5, 5.41) is 2.69. The first-order chi connectivity index (χ1) is 13.3. The predicted octanol–water partition coefficient (Wildman–Crippen LogP) is 2.72. The smallest absolute Gasteiger partial charge is 0.387 e. The molecule has 0 aromatic heterocycles. The Hall–Kier alpha value is -2.78. The first-order valence-electron chi connectivity index (χ1n) is 8.34. The minimum atomic E-state index is -3.72. The van der Waals surface area contributed by atoms with Gasteiger partial charge in [0.15, 0.2) is 0 Å². The Balaban J connectivity index is 1.93. The van der Waals surface area contributed by atoms with E-state index in [1.54, 1.807) is 12.1 Å². The van der Waals surface area contributed by atoms with Gasteiger partial charge in [0.1, 0.15) is 5.75 Å². The summed E-state index contributed by atoms with van der Waals surface area (Å²) in [5.41, 5.74) is 1.04. The number of amides is 1. The van der Waals surface area contributed by atoms with Gasteiger partial charge < -0.3 is 10.1 Å². The highest BCUT2D eigenvalue weighted by molar-refractivity contribution is 7.89. The molecule has 0 heterocycles. The lowest BCUT2D eigenvalue weighted by Gasteiger charge is -2.09. The molecule has 0 aliphatic rings. The second-order valence-corrected chi connectivity index (χ2v) is 7.46. The van der Waals surface area contributed by atoms with Crippen molar-refractivity contribution in [3.05, 3.63) is 72.3 Å². The van der Waals surface area contributed by atoms with Crippen LogP contribution in [0.1, 0.15) is 15.9 Å². The maximum absolute atomic E-state index is 12.3. The van der Waals surface area contributed by atoms with Crippen molar-refractivity contribution in [3.8, 4) is 5.75 Å². The highest BCUT2D eigenvalue weighted by Gasteiger charge is 2.15. The van der Waals surface area contributed by atoms with Crippen LogP contribution >= 0.6 is 0 Å². The molecule has 150 valence electrons. The summed E-state index contributed by atoms with van der Waals surface area (Å²) >= 11 is 0. The summed E-state index contributed by atoms with van der Waals surface area (Å²) in [6.45, 7) is 0.944. The van der Waals surface area contributed by atoms with Crippen LogP contribution in [0.25, 0.3) is 0 Å². The molecule has 0 saturated heterocycles. The first kappa shape index (κ1) is 21.5. The minimum absolute atomic E-state index is 0.0170. The second-order valence-electron chi connectivity index (χ2n) is 5.70. The third kappa shape index (κ3) is 6.43. The molecule has 28 heavy (non-hydrogen) atoms. The highest BCUT2D eigenvalue weighted by Crippen LogP contribution is 2.15. The Bertz CT molecular complexity index is 916. The van der Waals surface area contributed by atoms with Gasteiger partial charge in [0.2, 0.25) is 10.0 Å². The van der Waals surface area contributed by atoms with E-state index in [1.807, 2.05) is 0 Å². The van der Waals surface area contributed by atoms with Gasteiger partial charge in [-0.2, -0.15) is 8.78 Å². The van der Waals surface area contributed by atoms with E-state index in [2.05, 4.69) is 21.4 Å². The van der Waals surface area contributed by atoms with Crippen LogP contribution in [-0.2, 0) is 16.4 Å². The molecular formula is C19H20F2N2O4S. The Morgan fingerprint density at radius 3 is 2.54 bits per heavy atom. The topological polar surface area (TPSA) is 84.5 Å². The first-order valence-corrected chi connectivity index (χ1v) is 9.83. The summed E-state index contributed by atoms with van der Waals surface area (Å²) in [7, 11) is -3.72. The third-order valence-corrected chi connectivity index (χ3v) is 5.09. The van der Waals surface area contributed by atoms with Crippen molar-refractivity contribution in [1.82, 2.24) is 10.0 Å². The fraction of sp³-hybridized carbons (Fsp3) is 0.211. The van der Waals surface area contributed by atoms with Crippen LogP contribution in [-0.4, -0.2) is 34.0 Å². The molecule has 0 saturated carbocycles. The lowest BCUT2D eigenvalue weighted by molar-refractivity contribution is -0.0498. The van der Waals surface area contributed by atoms with E-state index in [0.717, 1.165) is 5.56 Å². The monoisotopic (exact) mass is 410 g/mol. The van der Waals surface area contributed by atoms with Crippen molar-refractivity contribution in [1.29, 1.82) is 0 Å². The van der Waals surface area contributed by atoms with Crippen LogP contribution in [0.15, 0.2) is 66.1 Å². The van der Waals surface area contributed by atoms with Crippen molar-refractivity contribution in [2.24, 2.45) is 0 Å². The van der Waals surface area contributed by atoms with Gasteiger partial charge in [-0.15, -0.1) is 6.58 Å². The van der Waals surface area contributed by atoms with Gasteiger partial charge in [0, 0.05) is 18.7 Å². The second kappa shape index (κ2) is 9.95. The number of sulfonamides is 1. The number of carbonyl (C=O) groups is 1. The number of carbonyl (C=O) groups excluding carboxylic acids is 1. The normalized spacial score (nSPS) is 11.2. The minimum Gasteiger partial charge on any atom is -0.435 e. The SMILES string of the molecule is C=CCNS(=O)(=O)c1cccc(C(=O)NCCc2ccc(OC(F)F)cc2)c1. The molecular weight excluding hydrogens is 390 g/mol. The molecule has 0 bridgehead atoms. The van der Waals surface area contributed by atoms with Gasteiger partial charge >= 0.3 is 6.61 Å². The Labute approximate surface area is 162 Å². The maximum atomic E-state index is 12.3. The van der Waals surface area contributed by atoms with E-state index in [9.17, 15) is 22.0 Å².